The Balaban J connectivity index is 1.81. The summed E-state index contributed by atoms with van der Waals surface area (Å²) in [5.74, 6) is -0.342. The van der Waals surface area contributed by atoms with E-state index in [1.165, 1.54) is 12.7 Å². The number of nitrogens with zero attached hydrogens (tertiary/aromatic N) is 3. The Labute approximate surface area is 200 Å². The second-order valence-electron chi connectivity index (χ2n) is 8.38. The van der Waals surface area contributed by atoms with Gasteiger partial charge in [0.1, 0.15) is 0 Å². The summed E-state index contributed by atoms with van der Waals surface area (Å²) in [6.45, 7) is 7.30. The van der Waals surface area contributed by atoms with Crippen LogP contribution in [-0.4, -0.2) is 39.2 Å². The number of carbonyl (C=O) groups is 1. The number of hydrogen-bond acceptors (Lipinski definition) is 4. The van der Waals surface area contributed by atoms with Crippen LogP contribution in [0.3, 0.4) is 0 Å². The summed E-state index contributed by atoms with van der Waals surface area (Å²) >= 11 is 5.77. The molecule has 0 spiro atoms. The lowest BCUT2D eigenvalue weighted by molar-refractivity contribution is 0.0600. The highest BCUT2D eigenvalue weighted by molar-refractivity contribution is 7.80. The number of carbonyl (C=O) groups excluding carboxylic acids is 1. The lowest BCUT2D eigenvalue weighted by Crippen LogP contribution is -2.30. The molecule has 1 saturated heterocycles. The van der Waals surface area contributed by atoms with Crippen molar-refractivity contribution < 1.29 is 9.53 Å². The van der Waals surface area contributed by atoms with E-state index in [1.807, 2.05) is 36.5 Å². The van der Waals surface area contributed by atoms with E-state index in [4.69, 9.17) is 17.0 Å². The van der Waals surface area contributed by atoms with Crippen molar-refractivity contribution in [1.82, 2.24) is 19.8 Å². The Bertz CT molecular complexity index is 1160. The molecule has 0 radical (unpaired) electrons. The van der Waals surface area contributed by atoms with Gasteiger partial charge >= 0.3 is 5.97 Å². The van der Waals surface area contributed by atoms with Gasteiger partial charge in [0, 0.05) is 29.8 Å². The van der Waals surface area contributed by atoms with E-state index in [9.17, 15) is 4.79 Å². The fourth-order valence-electron chi connectivity index (χ4n) is 4.69. The molecule has 6 nitrogen and oxygen atoms in total. The van der Waals surface area contributed by atoms with Crippen molar-refractivity contribution >= 4 is 23.3 Å². The molecule has 2 atom stereocenters. The molecule has 1 aliphatic rings. The first kappa shape index (κ1) is 23.0. The summed E-state index contributed by atoms with van der Waals surface area (Å²) in [4.78, 5) is 19.0. The van der Waals surface area contributed by atoms with E-state index in [0.29, 0.717) is 5.56 Å². The van der Waals surface area contributed by atoms with Gasteiger partial charge in [0.05, 0.1) is 30.5 Å². The second-order valence-corrected chi connectivity index (χ2v) is 8.76. The van der Waals surface area contributed by atoms with Crippen LogP contribution in [0.2, 0.25) is 0 Å². The molecular formula is C26H30N4O2S. The number of aryl methyl sites for hydroxylation is 1. The van der Waals surface area contributed by atoms with Crippen molar-refractivity contribution in [3.8, 4) is 5.69 Å². The largest absolute Gasteiger partial charge is 0.465 e. The zero-order valence-corrected chi connectivity index (χ0v) is 20.4. The Morgan fingerprint density at radius 2 is 2.00 bits per heavy atom. The summed E-state index contributed by atoms with van der Waals surface area (Å²) in [7, 11) is 1.40. The highest BCUT2D eigenvalue weighted by atomic mass is 32.1. The molecule has 4 rings (SSSR count). The Kier molecular flexibility index (Phi) is 6.79. The molecule has 3 aromatic rings. The van der Waals surface area contributed by atoms with Crippen molar-refractivity contribution in [2.45, 2.75) is 45.7 Å². The molecule has 0 aliphatic carbocycles. The number of esters is 1. The van der Waals surface area contributed by atoms with Gasteiger partial charge in [-0.05, 0) is 74.4 Å². The minimum absolute atomic E-state index is 0.0303. The standard InChI is InChI=1S/C26H30N4O2S/c1-5-6-14-29-24(23(28-26(29)33)22-12-7-8-13-27-22)21-15-17(2)30(18(21)3)20-11-9-10-19(16-20)25(31)32-4/h7-13,15-16,23-24H,5-6,14H2,1-4H3,(H,28,33)/t23-,24-/m0/s1. The van der Waals surface area contributed by atoms with Crippen LogP contribution in [-0.2, 0) is 4.74 Å². The monoisotopic (exact) mass is 462 g/mol. The average Bonchev–Trinajstić information content (AvgIpc) is 3.32. The van der Waals surface area contributed by atoms with Crippen molar-refractivity contribution in [3.63, 3.8) is 0 Å². The minimum atomic E-state index is -0.342. The number of aromatic nitrogens is 2. The number of hydrogen-bond donors (Lipinski definition) is 1. The normalized spacial score (nSPS) is 17.8. The number of methoxy groups -OCH3 is 1. The van der Waals surface area contributed by atoms with Gasteiger partial charge in [0.15, 0.2) is 5.11 Å². The molecule has 1 aliphatic heterocycles. The molecular weight excluding hydrogens is 432 g/mol. The Hall–Kier alpha value is -3.19. The van der Waals surface area contributed by atoms with Gasteiger partial charge in [-0.15, -0.1) is 0 Å². The Morgan fingerprint density at radius 3 is 2.70 bits per heavy atom. The van der Waals surface area contributed by atoms with Crippen molar-refractivity contribution in [1.29, 1.82) is 0 Å². The van der Waals surface area contributed by atoms with E-state index >= 15 is 0 Å². The number of benzene rings is 1. The van der Waals surface area contributed by atoms with Crippen LogP contribution >= 0.6 is 12.2 Å². The number of nitrogens with one attached hydrogen (secondary N) is 1. The van der Waals surface area contributed by atoms with Crippen molar-refractivity contribution in [3.05, 3.63) is 82.9 Å². The third kappa shape index (κ3) is 4.37. The van der Waals surface area contributed by atoms with Crippen LogP contribution in [0.15, 0.2) is 54.7 Å². The SMILES string of the molecule is CCCCN1C(=S)N[C@@H](c2ccccn2)[C@@H]1c1cc(C)n(-c2cccc(C(=O)OC)c2)c1C. The van der Waals surface area contributed by atoms with Gasteiger partial charge in [-0.3, -0.25) is 4.98 Å². The molecule has 2 aromatic heterocycles. The fraction of sp³-hybridized carbons (Fsp3) is 0.346. The minimum Gasteiger partial charge on any atom is -0.465 e. The predicted octanol–water partition coefficient (Wildman–Crippen LogP) is 5.05. The topological polar surface area (TPSA) is 59.4 Å². The number of thiocarbonyl (C=S) groups is 1. The van der Waals surface area contributed by atoms with Gasteiger partial charge in [-0.1, -0.05) is 25.5 Å². The van der Waals surface area contributed by atoms with Crippen molar-refractivity contribution in [2.24, 2.45) is 0 Å². The van der Waals surface area contributed by atoms with Gasteiger partial charge in [0.2, 0.25) is 0 Å². The molecule has 0 saturated carbocycles. The van der Waals surface area contributed by atoms with Gasteiger partial charge in [0.25, 0.3) is 0 Å². The van der Waals surface area contributed by atoms with E-state index in [-0.39, 0.29) is 18.1 Å². The third-order valence-corrected chi connectivity index (χ3v) is 6.62. The fourth-order valence-corrected chi connectivity index (χ4v) is 5.02. The molecule has 1 N–H and O–H groups in total. The van der Waals surface area contributed by atoms with Gasteiger partial charge in [-0.25, -0.2) is 4.79 Å². The zero-order valence-electron chi connectivity index (χ0n) is 19.5. The number of ether oxygens (including phenoxy) is 1. The first-order chi connectivity index (χ1) is 16.0. The van der Waals surface area contributed by atoms with Crippen LogP contribution in [0.5, 0.6) is 0 Å². The quantitative estimate of drug-likeness (QED) is 0.392. The first-order valence-electron chi connectivity index (χ1n) is 11.3. The van der Waals surface area contributed by atoms with Gasteiger partial charge in [-0.2, -0.15) is 0 Å². The maximum atomic E-state index is 12.1. The van der Waals surface area contributed by atoms with Gasteiger partial charge < -0.3 is 19.5 Å². The zero-order chi connectivity index (χ0) is 23.5. The summed E-state index contributed by atoms with van der Waals surface area (Å²) in [5, 5.41) is 4.29. The molecule has 0 unspecified atom stereocenters. The van der Waals surface area contributed by atoms with E-state index < -0.39 is 0 Å². The number of pyridine rings is 1. The summed E-state index contributed by atoms with van der Waals surface area (Å²) in [6, 6.07) is 15.8. The predicted molar refractivity (Wildman–Crippen MR) is 134 cm³/mol. The first-order valence-corrected chi connectivity index (χ1v) is 11.7. The van der Waals surface area contributed by atoms with Crippen molar-refractivity contribution in [2.75, 3.05) is 13.7 Å². The second kappa shape index (κ2) is 9.75. The average molecular weight is 463 g/mol. The summed E-state index contributed by atoms with van der Waals surface area (Å²) < 4.78 is 7.11. The molecule has 172 valence electrons. The Morgan fingerprint density at radius 1 is 1.18 bits per heavy atom. The van der Waals surface area contributed by atoms with Crippen LogP contribution in [0, 0.1) is 13.8 Å². The van der Waals surface area contributed by atoms with E-state index in [0.717, 1.165) is 47.3 Å². The molecule has 1 fully saturated rings. The molecule has 3 heterocycles. The number of rotatable bonds is 7. The molecule has 33 heavy (non-hydrogen) atoms. The summed E-state index contributed by atoms with van der Waals surface area (Å²) in [5.41, 5.74) is 5.85. The van der Waals surface area contributed by atoms with E-state index in [2.05, 4.69) is 52.7 Å². The molecule has 0 amide bonds. The lowest BCUT2D eigenvalue weighted by atomic mass is 9.96. The molecule has 1 aromatic carbocycles. The molecule has 0 bridgehead atoms. The maximum absolute atomic E-state index is 12.1. The van der Waals surface area contributed by atoms with Crippen LogP contribution in [0.4, 0.5) is 0 Å². The van der Waals surface area contributed by atoms with E-state index in [1.54, 1.807) is 6.07 Å². The van der Waals surface area contributed by atoms with Crippen LogP contribution in [0.1, 0.15) is 64.9 Å². The van der Waals surface area contributed by atoms with Crippen LogP contribution < -0.4 is 5.32 Å². The molecule has 7 heteroatoms. The van der Waals surface area contributed by atoms with Crippen LogP contribution in [0.25, 0.3) is 5.69 Å². The highest BCUT2D eigenvalue weighted by Gasteiger charge is 2.41. The third-order valence-electron chi connectivity index (χ3n) is 6.26. The smallest absolute Gasteiger partial charge is 0.337 e. The maximum Gasteiger partial charge on any atom is 0.337 e. The highest BCUT2D eigenvalue weighted by Crippen LogP contribution is 2.41. The summed E-state index contributed by atoms with van der Waals surface area (Å²) in [6.07, 6.45) is 3.99. The lowest BCUT2D eigenvalue weighted by Gasteiger charge is -2.28. The number of unbranched alkanes of at least 4 members (excludes halogenated alkanes) is 1.